The van der Waals surface area contributed by atoms with Crippen molar-refractivity contribution in [1.82, 2.24) is 0 Å². The summed E-state index contributed by atoms with van der Waals surface area (Å²) in [4.78, 5) is 11.2. The average Bonchev–Trinajstić information content (AvgIpc) is 2.71. The zero-order valence-corrected chi connectivity index (χ0v) is 21.1. The molecular formula is C25H48F2O2Si. The monoisotopic (exact) mass is 446 g/mol. The summed E-state index contributed by atoms with van der Waals surface area (Å²) in [5.41, 5.74) is 0.477. The molecule has 0 aliphatic rings. The quantitative estimate of drug-likeness (QED) is 0.0689. The van der Waals surface area contributed by atoms with E-state index in [0.29, 0.717) is 12.2 Å². The second-order valence-corrected chi connectivity index (χ2v) is 10.7. The van der Waals surface area contributed by atoms with Crippen molar-refractivity contribution in [3.63, 3.8) is 0 Å². The zero-order valence-electron chi connectivity index (χ0n) is 19.7. The summed E-state index contributed by atoms with van der Waals surface area (Å²) in [6, 6.07) is -1.15. The zero-order chi connectivity index (χ0) is 22.3. The molecule has 0 N–H and O–H groups in total. The van der Waals surface area contributed by atoms with Crippen LogP contribution in [0, 0.1) is 0 Å². The normalized spacial score (nSPS) is 11.6. The molecule has 5 heteroatoms. The summed E-state index contributed by atoms with van der Waals surface area (Å²) in [5.74, 6) is -0.270. The molecule has 0 aromatic rings. The number of hydrogen-bond acceptors (Lipinski definition) is 2. The molecule has 0 aliphatic heterocycles. The SMILES string of the molecule is C=C(C)C(=O)OCCCCCCCCCCCCCCCCCCCC[SiH2]C(F)F. The fraction of sp³-hybridized carbons (Fsp3) is 0.880. The van der Waals surface area contributed by atoms with Gasteiger partial charge in [0.15, 0.2) is 0 Å². The van der Waals surface area contributed by atoms with Crippen molar-refractivity contribution in [3.8, 4) is 0 Å². The lowest BCUT2D eigenvalue weighted by atomic mass is 10.0. The van der Waals surface area contributed by atoms with Crippen LogP contribution in [-0.4, -0.2) is 28.1 Å². The highest BCUT2D eigenvalue weighted by Gasteiger charge is 2.02. The van der Waals surface area contributed by atoms with E-state index < -0.39 is 15.6 Å². The second kappa shape index (κ2) is 23.0. The van der Waals surface area contributed by atoms with Crippen molar-refractivity contribution >= 4 is 15.5 Å². The molecule has 2 nitrogen and oxygen atoms in total. The van der Waals surface area contributed by atoms with Gasteiger partial charge in [0, 0.05) is 5.57 Å². The molecule has 0 radical (unpaired) electrons. The van der Waals surface area contributed by atoms with Crippen LogP contribution >= 0.6 is 0 Å². The largest absolute Gasteiger partial charge is 0.462 e. The first-order chi connectivity index (χ1) is 14.5. The van der Waals surface area contributed by atoms with Crippen molar-refractivity contribution in [1.29, 1.82) is 0 Å². The van der Waals surface area contributed by atoms with Crippen LogP contribution in [0.1, 0.15) is 122 Å². The van der Waals surface area contributed by atoms with Gasteiger partial charge in [0.2, 0.25) is 6.05 Å². The molecule has 0 amide bonds. The third-order valence-corrected chi connectivity index (χ3v) is 6.99. The third kappa shape index (κ3) is 23.6. The van der Waals surface area contributed by atoms with Crippen molar-refractivity contribution < 1.29 is 18.3 Å². The fourth-order valence-corrected chi connectivity index (χ4v) is 4.64. The van der Waals surface area contributed by atoms with Crippen LogP contribution in [0.15, 0.2) is 12.2 Å². The van der Waals surface area contributed by atoms with Gasteiger partial charge in [-0.1, -0.05) is 122 Å². The Kier molecular flexibility index (Phi) is 22.4. The first-order valence-corrected chi connectivity index (χ1v) is 14.5. The summed E-state index contributed by atoms with van der Waals surface area (Å²) in [7, 11) is -1.08. The second-order valence-electron chi connectivity index (χ2n) is 8.81. The fourth-order valence-electron chi connectivity index (χ4n) is 3.69. The molecule has 0 aromatic heterocycles. The van der Waals surface area contributed by atoms with E-state index >= 15 is 0 Å². The number of hydrogen-bond donors (Lipinski definition) is 0. The number of esters is 1. The van der Waals surface area contributed by atoms with E-state index in [1.807, 2.05) is 0 Å². The van der Waals surface area contributed by atoms with Crippen LogP contribution < -0.4 is 0 Å². The standard InChI is InChI=1S/C25H48F2O2Si/c1-23(2)24(28)29-21-19-17-15-13-11-9-7-5-3-4-6-8-10-12-14-16-18-20-22-30-25(26)27/h25H,1,3-22,30H2,2H3. The van der Waals surface area contributed by atoms with Gasteiger partial charge >= 0.3 is 5.97 Å². The molecule has 0 saturated heterocycles. The van der Waals surface area contributed by atoms with Gasteiger partial charge in [0.05, 0.1) is 6.61 Å². The van der Waals surface area contributed by atoms with Crippen LogP contribution in [0.2, 0.25) is 6.04 Å². The summed E-state index contributed by atoms with van der Waals surface area (Å²) in [6.07, 6.45) is 22.9. The summed E-state index contributed by atoms with van der Waals surface area (Å²) in [5, 5.41) is 0. The van der Waals surface area contributed by atoms with Crippen molar-refractivity contribution in [2.24, 2.45) is 0 Å². The Balaban J connectivity index is 3.07. The number of rotatable bonds is 23. The minimum Gasteiger partial charge on any atom is -0.462 e. The molecule has 0 aliphatic carbocycles. The molecule has 0 spiro atoms. The lowest BCUT2D eigenvalue weighted by Crippen LogP contribution is -2.05. The molecule has 0 bridgehead atoms. The van der Waals surface area contributed by atoms with Crippen LogP contribution in [0.4, 0.5) is 8.78 Å². The molecule has 30 heavy (non-hydrogen) atoms. The Morgan fingerprint density at radius 3 is 1.37 bits per heavy atom. The Morgan fingerprint density at radius 1 is 0.700 bits per heavy atom. The number of unbranched alkanes of at least 4 members (excludes halogenated alkanes) is 17. The number of carbonyl (C=O) groups excluding carboxylic acids is 1. The van der Waals surface area contributed by atoms with E-state index in [4.69, 9.17) is 4.74 Å². The number of ether oxygens (including phenoxy) is 1. The maximum Gasteiger partial charge on any atom is 0.333 e. The minimum absolute atomic E-state index is 0.270. The molecule has 0 rings (SSSR count). The molecule has 0 atom stereocenters. The molecular weight excluding hydrogens is 398 g/mol. The Labute approximate surface area is 187 Å². The molecule has 0 aromatic carbocycles. The maximum absolute atomic E-state index is 12.1. The molecule has 0 unspecified atom stereocenters. The average molecular weight is 447 g/mol. The summed E-state index contributed by atoms with van der Waals surface area (Å²) in [6.45, 7) is 5.78. The topological polar surface area (TPSA) is 26.3 Å². The predicted octanol–water partition coefficient (Wildman–Crippen LogP) is 7.94. The van der Waals surface area contributed by atoms with Crippen LogP contribution in [0.25, 0.3) is 0 Å². The minimum atomic E-state index is -1.98. The predicted molar refractivity (Wildman–Crippen MR) is 128 cm³/mol. The Hall–Kier alpha value is -0.713. The van der Waals surface area contributed by atoms with Gasteiger partial charge < -0.3 is 4.74 Å². The summed E-state index contributed by atoms with van der Waals surface area (Å²) < 4.78 is 29.2. The van der Waals surface area contributed by atoms with Gasteiger partial charge in [-0.25, -0.2) is 13.6 Å². The van der Waals surface area contributed by atoms with Crippen molar-refractivity contribution in [2.45, 2.75) is 135 Å². The van der Waals surface area contributed by atoms with E-state index in [1.165, 1.54) is 89.9 Å². The van der Waals surface area contributed by atoms with Gasteiger partial charge in [-0.15, -0.1) is 0 Å². The number of alkyl halides is 2. The van der Waals surface area contributed by atoms with Gasteiger partial charge in [-0.2, -0.15) is 0 Å². The first-order valence-electron chi connectivity index (χ1n) is 12.6. The Morgan fingerprint density at radius 2 is 1.03 bits per heavy atom. The number of carbonyl (C=O) groups is 1. The van der Waals surface area contributed by atoms with E-state index in [-0.39, 0.29) is 5.97 Å². The molecule has 0 heterocycles. The lowest BCUT2D eigenvalue weighted by Gasteiger charge is -2.05. The molecule has 0 saturated carbocycles. The van der Waals surface area contributed by atoms with Crippen LogP contribution in [-0.2, 0) is 9.53 Å². The maximum atomic E-state index is 12.1. The van der Waals surface area contributed by atoms with E-state index in [0.717, 1.165) is 31.7 Å². The summed E-state index contributed by atoms with van der Waals surface area (Å²) >= 11 is 0. The van der Waals surface area contributed by atoms with Crippen LogP contribution in [0.5, 0.6) is 0 Å². The van der Waals surface area contributed by atoms with E-state index in [9.17, 15) is 13.6 Å². The molecule has 178 valence electrons. The van der Waals surface area contributed by atoms with Gasteiger partial charge in [0.25, 0.3) is 0 Å². The smallest absolute Gasteiger partial charge is 0.333 e. The van der Waals surface area contributed by atoms with Crippen LogP contribution in [0.3, 0.4) is 0 Å². The highest BCUT2D eigenvalue weighted by Crippen LogP contribution is 2.14. The Bertz CT molecular complexity index is 403. The molecule has 0 fully saturated rings. The van der Waals surface area contributed by atoms with Crippen molar-refractivity contribution in [3.05, 3.63) is 12.2 Å². The highest BCUT2D eigenvalue weighted by atomic mass is 28.2. The third-order valence-electron chi connectivity index (χ3n) is 5.65. The highest BCUT2D eigenvalue weighted by molar-refractivity contribution is 6.36. The van der Waals surface area contributed by atoms with E-state index in [2.05, 4.69) is 6.58 Å². The van der Waals surface area contributed by atoms with E-state index in [1.54, 1.807) is 6.92 Å². The van der Waals surface area contributed by atoms with Gasteiger partial charge in [-0.3, -0.25) is 0 Å². The first kappa shape index (κ1) is 29.3. The number of halogens is 2. The van der Waals surface area contributed by atoms with Crippen molar-refractivity contribution in [2.75, 3.05) is 6.61 Å². The van der Waals surface area contributed by atoms with Gasteiger partial charge in [-0.05, 0) is 13.3 Å². The lowest BCUT2D eigenvalue weighted by molar-refractivity contribution is -0.139. The van der Waals surface area contributed by atoms with Gasteiger partial charge in [0.1, 0.15) is 9.52 Å².